The first kappa shape index (κ1) is 12.6. The van der Waals surface area contributed by atoms with Gasteiger partial charge < -0.3 is 4.84 Å². The molecule has 0 amide bonds. The molecule has 1 heterocycles. The van der Waals surface area contributed by atoms with E-state index in [4.69, 9.17) is 10.1 Å². The summed E-state index contributed by atoms with van der Waals surface area (Å²) in [5, 5.41) is 22.7. The first-order valence-electron chi connectivity index (χ1n) is 6.12. The molecule has 21 heavy (non-hydrogen) atoms. The van der Waals surface area contributed by atoms with Crippen molar-refractivity contribution < 1.29 is 4.84 Å². The van der Waals surface area contributed by atoms with Crippen LogP contribution in [0.1, 0.15) is 5.56 Å². The van der Waals surface area contributed by atoms with Gasteiger partial charge in [0.1, 0.15) is 6.07 Å². The Morgan fingerprint density at radius 2 is 2.05 bits per heavy atom. The minimum absolute atomic E-state index is 0.484. The molecule has 1 aromatic heterocycles. The summed E-state index contributed by atoms with van der Waals surface area (Å²) in [5.41, 5.74) is 4.65. The van der Waals surface area contributed by atoms with E-state index >= 15 is 0 Å². The number of rotatable bonds is 4. The number of nitrogens with one attached hydrogen (secondary N) is 2. The van der Waals surface area contributed by atoms with Crippen molar-refractivity contribution in [2.24, 2.45) is 0 Å². The Bertz CT molecular complexity index is 778. The number of hydrogen-bond donors (Lipinski definition) is 2. The number of benzene rings is 2. The normalized spacial score (nSPS) is 9.86. The lowest BCUT2D eigenvalue weighted by atomic mass is 10.2. The highest BCUT2D eigenvalue weighted by molar-refractivity contribution is 5.58. The molecule has 7 nitrogen and oxygen atoms in total. The Morgan fingerprint density at radius 3 is 2.86 bits per heavy atom. The first-order valence-corrected chi connectivity index (χ1v) is 6.12. The fourth-order valence-corrected chi connectivity index (χ4v) is 1.77. The van der Waals surface area contributed by atoms with Crippen LogP contribution in [0.15, 0.2) is 48.5 Å². The third-order valence-electron chi connectivity index (χ3n) is 2.76. The lowest BCUT2D eigenvalue weighted by Gasteiger charge is -2.09. The molecule has 0 unspecified atom stereocenters. The molecule has 0 saturated heterocycles. The summed E-state index contributed by atoms with van der Waals surface area (Å²) >= 11 is 0. The highest BCUT2D eigenvalue weighted by Crippen LogP contribution is 2.21. The van der Waals surface area contributed by atoms with Crippen molar-refractivity contribution in [2.45, 2.75) is 0 Å². The Balaban J connectivity index is 1.77. The Labute approximate surface area is 120 Å². The van der Waals surface area contributed by atoms with Gasteiger partial charge in [0.2, 0.25) is 5.82 Å². The third kappa shape index (κ3) is 2.79. The van der Waals surface area contributed by atoms with Crippen LogP contribution < -0.4 is 10.3 Å². The van der Waals surface area contributed by atoms with Gasteiger partial charge in [-0.25, -0.2) is 5.48 Å². The molecule has 2 N–H and O–H groups in total. The summed E-state index contributed by atoms with van der Waals surface area (Å²) in [6.45, 7) is 0. The standard InChI is InChI=1S/C14H10N6O/c15-9-11-4-1-2-7-13(11)18-21-12-6-3-5-10(8-12)14-16-19-20-17-14/h1-8,18H,(H,16,17,19,20). The predicted octanol–water partition coefficient (Wildman–Crippen LogP) is 2.14. The maximum absolute atomic E-state index is 9.01. The van der Waals surface area contributed by atoms with Crippen molar-refractivity contribution >= 4 is 5.69 Å². The SMILES string of the molecule is N#Cc1ccccc1NOc1cccc(-c2nn[nH]n2)c1. The highest BCUT2D eigenvalue weighted by atomic mass is 16.6. The van der Waals surface area contributed by atoms with E-state index in [1.54, 1.807) is 30.3 Å². The van der Waals surface area contributed by atoms with Crippen molar-refractivity contribution in [1.29, 1.82) is 5.26 Å². The van der Waals surface area contributed by atoms with Crippen LogP contribution in [0, 0.1) is 11.3 Å². The molecular weight excluding hydrogens is 268 g/mol. The Kier molecular flexibility index (Phi) is 3.43. The second-order valence-electron chi connectivity index (χ2n) is 4.12. The second kappa shape index (κ2) is 5.71. The average molecular weight is 278 g/mol. The summed E-state index contributed by atoms with van der Waals surface area (Å²) in [7, 11) is 0. The molecule has 3 aromatic rings. The molecule has 0 saturated carbocycles. The van der Waals surface area contributed by atoms with Gasteiger partial charge in [-0.1, -0.05) is 24.3 Å². The van der Waals surface area contributed by atoms with E-state index in [2.05, 4.69) is 32.2 Å². The molecule has 0 bridgehead atoms. The van der Waals surface area contributed by atoms with Gasteiger partial charge in [0.15, 0.2) is 5.75 Å². The van der Waals surface area contributed by atoms with Gasteiger partial charge in [-0.2, -0.15) is 10.5 Å². The van der Waals surface area contributed by atoms with Gasteiger partial charge in [0.05, 0.1) is 11.3 Å². The van der Waals surface area contributed by atoms with Crippen LogP contribution in [0.2, 0.25) is 0 Å². The average Bonchev–Trinajstić information content (AvgIpc) is 3.08. The van der Waals surface area contributed by atoms with Gasteiger partial charge in [0, 0.05) is 5.56 Å². The summed E-state index contributed by atoms with van der Waals surface area (Å²) in [6, 6.07) is 16.4. The molecule has 0 aliphatic carbocycles. The monoisotopic (exact) mass is 278 g/mol. The number of para-hydroxylation sites is 1. The number of aromatic amines is 1. The predicted molar refractivity (Wildman–Crippen MR) is 75.0 cm³/mol. The fourth-order valence-electron chi connectivity index (χ4n) is 1.77. The van der Waals surface area contributed by atoms with E-state index < -0.39 is 0 Å². The van der Waals surface area contributed by atoms with Crippen LogP contribution >= 0.6 is 0 Å². The zero-order valence-corrected chi connectivity index (χ0v) is 10.8. The number of anilines is 1. The van der Waals surface area contributed by atoms with Crippen LogP contribution in [0.25, 0.3) is 11.4 Å². The van der Waals surface area contributed by atoms with Crippen molar-refractivity contribution in [2.75, 3.05) is 5.48 Å². The molecule has 0 spiro atoms. The molecule has 0 aliphatic rings. The molecular formula is C14H10N6O. The first-order chi connectivity index (χ1) is 10.4. The van der Waals surface area contributed by atoms with Crippen molar-refractivity contribution in [3.05, 3.63) is 54.1 Å². The maximum Gasteiger partial charge on any atom is 0.204 e. The zero-order valence-electron chi connectivity index (χ0n) is 10.8. The van der Waals surface area contributed by atoms with E-state index in [0.717, 1.165) is 5.56 Å². The van der Waals surface area contributed by atoms with E-state index in [0.29, 0.717) is 22.8 Å². The summed E-state index contributed by atoms with van der Waals surface area (Å²) < 4.78 is 0. The second-order valence-corrected chi connectivity index (χ2v) is 4.12. The Morgan fingerprint density at radius 1 is 1.14 bits per heavy atom. The largest absolute Gasteiger partial charge is 0.382 e. The third-order valence-corrected chi connectivity index (χ3v) is 2.76. The minimum atomic E-state index is 0.484. The summed E-state index contributed by atoms with van der Waals surface area (Å²) in [6.07, 6.45) is 0. The smallest absolute Gasteiger partial charge is 0.204 e. The molecule has 0 aliphatic heterocycles. The molecule has 0 atom stereocenters. The summed E-state index contributed by atoms with van der Waals surface area (Å²) in [4.78, 5) is 5.49. The lowest BCUT2D eigenvalue weighted by molar-refractivity contribution is 0.405. The van der Waals surface area contributed by atoms with E-state index in [-0.39, 0.29) is 0 Å². The molecule has 2 aromatic carbocycles. The van der Waals surface area contributed by atoms with Gasteiger partial charge in [0.25, 0.3) is 0 Å². The van der Waals surface area contributed by atoms with Crippen LogP contribution in [0.3, 0.4) is 0 Å². The number of H-pyrrole nitrogens is 1. The number of hydrogen-bond acceptors (Lipinski definition) is 6. The van der Waals surface area contributed by atoms with Gasteiger partial charge >= 0.3 is 0 Å². The zero-order chi connectivity index (χ0) is 14.5. The summed E-state index contributed by atoms with van der Waals surface area (Å²) in [5.74, 6) is 1.06. The highest BCUT2D eigenvalue weighted by Gasteiger charge is 2.05. The fraction of sp³-hybridized carbons (Fsp3) is 0. The van der Waals surface area contributed by atoms with E-state index in [1.165, 1.54) is 0 Å². The lowest BCUT2D eigenvalue weighted by Crippen LogP contribution is -2.06. The molecule has 7 heteroatoms. The van der Waals surface area contributed by atoms with Crippen LogP contribution in [0.5, 0.6) is 5.75 Å². The van der Waals surface area contributed by atoms with Crippen LogP contribution in [-0.2, 0) is 0 Å². The van der Waals surface area contributed by atoms with Crippen molar-refractivity contribution in [3.8, 4) is 23.2 Å². The van der Waals surface area contributed by atoms with Crippen LogP contribution in [0.4, 0.5) is 5.69 Å². The molecule has 102 valence electrons. The topological polar surface area (TPSA) is 99.5 Å². The van der Waals surface area contributed by atoms with Gasteiger partial charge in [-0.15, -0.1) is 10.2 Å². The maximum atomic E-state index is 9.01. The van der Waals surface area contributed by atoms with Gasteiger partial charge in [-0.3, -0.25) is 0 Å². The van der Waals surface area contributed by atoms with E-state index in [1.807, 2.05) is 18.2 Å². The van der Waals surface area contributed by atoms with Gasteiger partial charge in [-0.05, 0) is 29.5 Å². The van der Waals surface area contributed by atoms with Crippen molar-refractivity contribution in [3.63, 3.8) is 0 Å². The molecule has 0 fully saturated rings. The number of nitrogens with zero attached hydrogens (tertiary/aromatic N) is 4. The molecule has 0 radical (unpaired) electrons. The molecule has 3 rings (SSSR count). The number of nitriles is 1. The van der Waals surface area contributed by atoms with Crippen molar-refractivity contribution in [1.82, 2.24) is 20.6 Å². The minimum Gasteiger partial charge on any atom is -0.382 e. The number of tetrazole rings is 1. The Hall–Kier alpha value is -3.40. The van der Waals surface area contributed by atoms with Crippen LogP contribution in [-0.4, -0.2) is 20.6 Å². The van der Waals surface area contributed by atoms with E-state index in [9.17, 15) is 0 Å². The number of aromatic nitrogens is 4. The quantitative estimate of drug-likeness (QED) is 0.709.